The van der Waals surface area contributed by atoms with Crippen molar-refractivity contribution in [3.8, 4) is 11.1 Å². The fourth-order valence-corrected chi connectivity index (χ4v) is 6.88. The van der Waals surface area contributed by atoms with Gasteiger partial charge in [-0.1, -0.05) is 71.6 Å². The first-order valence-corrected chi connectivity index (χ1v) is 17.0. The molecule has 3 heteroatoms. The topological polar surface area (TPSA) is 0 Å². The normalized spacial score (nSPS) is 11.4. The molecule has 0 unspecified atom stereocenters. The van der Waals surface area contributed by atoms with Crippen LogP contribution < -0.4 is 24.8 Å². The van der Waals surface area contributed by atoms with Gasteiger partial charge in [-0.15, -0.1) is 16.7 Å². The molecule has 6 rings (SSSR count). The molecule has 0 saturated carbocycles. The molecular formula is C43H48Cl2Zr-2. The van der Waals surface area contributed by atoms with Crippen LogP contribution in [-0.2, 0) is 41.5 Å². The monoisotopic (exact) mass is 724 g/mol. The minimum absolute atomic E-state index is 0. The fourth-order valence-electron chi connectivity index (χ4n) is 6.11. The van der Waals surface area contributed by atoms with Gasteiger partial charge in [-0.05, 0) is 35.4 Å². The third-order valence-electron chi connectivity index (χ3n) is 8.25. The number of benzene rings is 4. The summed E-state index contributed by atoms with van der Waals surface area (Å²) in [5.74, 6) is 0. The van der Waals surface area contributed by atoms with Crippen LogP contribution in [0.2, 0.25) is 0 Å². The summed E-state index contributed by atoms with van der Waals surface area (Å²) in [6.07, 6.45) is 1.03. The van der Waals surface area contributed by atoms with E-state index in [-0.39, 0.29) is 35.6 Å². The Morgan fingerprint density at radius 3 is 1.59 bits per heavy atom. The van der Waals surface area contributed by atoms with Crippen LogP contribution in [0.5, 0.6) is 0 Å². The van der Waals surface area contributed by atoms with Crippen molar-refractivity contribution in [1.29, 1.82) is 0 Å². The second-order valence-electron chi connectivity index (χ2n) is 14.3. The van der Waals surface area contributed by atoms with Gasteiger partial charge in [0.2, 0.25) is 0 Å². The van der Waals surface area contributed by atoms with Crippen LogP contribution >= 0.6 is 0 Å². The van der Waals surface area contributed by atoms with Gasteiger partial charge in [0.25, 0.3) is 0 Å². The minimum Gasteiger partial charge on any atom is -1.00 e. The van der Waals surface area contributed by atoms with E-state index in [2.05, 4.69) is 142 Å². The van der Waals surface area contributed by atoms with Crippen molar-refractivity contribution in [1.82, 2.24) is 0 Å². The SMILES string of the molecule is Cc1[c-]c2c(cc1C(C)(C)C)-c1cc(C(C)(C)C)c(C)cc1C2.Cc1cccc([C](=[Zr+2])c2cccc(C)c2)c1.[Cl-].[Cl-].c1cc[cH-]c1. The Morgan fingerprint density at radius 1 is 0.652 bits per heavy atom. The number of fused-ring (bicyclic) bond motifs is 3. The molecule has 0 heterocycles. The average Bonchev–Trinajstić information content (AvgIpc) is 3.62. The Kier molecular flexibility index (Phi) is 14.3. The van der Waals surface area contributed by atoms with E-state index in [1.165, 1.54) is 94.2 Å². The maximum atomic E-state index is 3.69. The number of hydrogen-bond acceptors (Lipinski definition) is 0. The van der Waals surface area contributed by atoms with Crippen LogP contribution in [-0.4, -0.2) is 3.21 Å². The smallest absolute Gasteiger partial charge is 0.172 e. The Morgan fingerprint density at radius 2 is 1.15 bits per heavy atom. The molecule has 5 aromatic rings. The molecule has 0 saturated heterocycles. The molecule has 0 nitrogen and oxygen atoms in total. The van der Waals surface area contributed by atoms with Crippen LogP contribution in [0.3, 0.4) is 0 Å². The molecule has 0 aliphatic heterocycles. The predicted molar refractivity (Wildman–Crippen MR) is 188 cm³/mol. The molecule has 0 N–H and O–H groups in total. The van der Waals surface area contributed by atoms with Crippen molar-refractivity contribution in [2.75, 3.05) is 0 Å². The first kappa shape index (κ1) is 39.7. The van der Waals surface area contributed by atoms with Gasteiger partial charge < -0.3 is 24.8 Å². The third kappa shape index (κ3) is 10.0. The van der Waals surface area contributed by atoms with Crippen molar-refractivity contribution >= 4 is 3.21 Å². The van der Waals surface area contributed by atoms with E-state index >= 15 is 0 Å². The van der Waals surface area contributed by atoms with E-state index in [0.717, 1.165) is 6.42 Å². The van der Waals surface area contributed by atoms with Crippen LogP contribution in [0.15, 0.2) is 97.1 Å². The van der Waals surface area contributed by atoms with E-state index in [4.69, 9.17) is 0 Å². The van der Waals surface area contributed by atoms with Gasteiger partial charge >= 0.3 is 112 Å². The summed E-state index contributed by atoms with van der Waals surface area (Å²) in [5.41, 5.74) is 17.0. The molecule has 1 aliphatic rings. The zero-order chi connectivity index (χ0) is 32.2. The van der Waals surface area contributed by atoms with E-state index < -0.39 is 0 Å². The van der Waals surface area contributed by atoms with Gasteiger partial charge in [-0.25, -0.2) is 12.1 Å². The van der Waals surface area contributed by atoms with Gasteiger partial charge in [0.05, 0.1) is 0 Å². The number of rotatable bonds is 2. The number of hydrogen-bond donors (Lipinski definition) is 0. The molecule has 0 amide bonds. The molecule has 0 atom stereocenters. The van der Waals surface area contributed by atoms with E-state index in [0.29, 0.717) is 0 Å². The quantitative estimate of drug-likeness (QED) is 0.218. The predicted octanol–water partition coefficient (Wildman–Crippen LogP) is 5.10. The number of halogens is 2. The largest absolute Gasteiger partial charge is 1.00 e. The molecule has 0 aromatic heterocycles. The molecule has 0 radical (unpaired) electrons. The molecule has 46 heavy (non-hydrogen) atoms. The Balaban J connectivity index is 0.000000278. The summed E-state index contributed by atoms with van der Waals surface area (Å²) in [6.45, 7) is 22.5. The average molecular weight is 727 g/mol. The van der Waals surface area contributed by atoms with E-state index in [1.807, 2.05) is 30.3 Å². The van der Waals surface area contributed by atoms with Crippen molar-refractivity contribution in [2.45, 2.75) is 86.5 Å². The second-order valence-corrected chi connectivity index (χ2v) is 15.5. The first-order valence-electron chi connectivity index (χ1n) is 15.7. The Bertz CT molecular complexity index is 1610. The van der Waals surface area contributed by atoms with Gasteiger partial charge in [0.1, 0.15) is 0 Å². The van der Waals surface area contributed by atoms with Crippen LogP contribution in [0.1, 0.15) is 97.2 Å². The standard InChI is InChI=1S/C23H29.C15H14.C5H5.2ClH.Zr/c1-14-9-16-11-17-10-15(2)21(23(6,7)8)13-19(17)18(16)12-20(14)22(3,4)5;1-12-5-3-7-14(9-12)11-15-8-4-6-13(2)10-15;1-2-4-5-3-1;;;/h9,12-13H,11H2,1-8H3;3-10H,1-2H3;1-5H;2*1H;/q-1;;-1;;;+2/p-2. The molecule has 0 bridgehead atoms. The van der Waals surface area contributed by atoms with E-state index in [1.54, 1.807) is 0 Å². The van der Waals surface area contributed by atoms with Gasteiger partial charge in [0, 0.05) is 0 Å². The van der Waals surface area contributed by atoms with Crippen molar-refractivity contribution in [3.63, 3.8) is 0 Å². The van der Waals surface area contributed by atoms with E-state index in [9.17, 15) is 0 Å². The van der Waals surface area contributed by atoms with Gasteiger partial charge in [0.15, 0.2) is 0 Å². The molecule has 0 fully saturated rings. The maximum Gasteiger partial charge on any atom is -0.172 e. The van der Waals surface area contributed by atoms with Crippen molar-refractivity contribution in [3.05, 3.63) is 159 Å². The van der Waals surface area contributed by atoms with Crippen molar-refractivity contribution in [2.24, 2.45) is 0 Å². The summed E-state index contributed by atoms with van der Waals surface area (Å²) >= 11 is 1.47. The Labute approximate surface area is 306 Å². The summed E-state index contributed by atoms with van der Waals surface area (Å²) < 4.78 is 1.43. The molecule has 1 aliphatic carbocycles. The summed E-state index contributed by atoms with van der Waals surface area (Å²) in [6, 6.07) is 38.4. The molecule has 5 aromatic carbocycles. The van der Waals surface area contributed by atoms with Gasteiger partial charge in [-0.2, -0.15) is 35.9 Å². The maximum absolute atomic E-state index is 3.69. The van der Waals surface area contributed by atoms with Crippen molar-refractivity contribution < 1.29 is 49.0 Å². The Hall–Kier alpha value is -2.44. The van der Waals surface area contributed by atoms with Gasteiger partial charge in [-0.3, -0.25) is 0 Å². The molecule has 240 valence electrons. The van der Waals surface area contributed by atoms with Crippen LogP contribution in [0.4, 0.5) is 0 Å². The zero-order valence-electron chi connectivity index (χ0n) is 29.2. The number of aryl methyl sites for hydroxylation is 4. The summed E-state index contributed by atoms with van der Waals surface area (Å²) in [7, 11) is 0. The minimum atomic E-state index is 0. The third-order valence-corrected chi connectivity index (χ3v) is 9.67. The zero-order valence-corrected chi connectivity index (χ0v) is 33.2. The van der Waals surface area contributed by atoms with Crippen LogP contribution in [0.25, 0.3) is 11.1 Å². The first-order chi connectivity index (χ1) is 20.6. The summed E-state index contributed by atoms with van der Waals surface area (Å²) in [5, 5.41) is 0. The second kappa shape index (κ2) is 16.6. The summed E-state index contributed by atoms with van der Waals surface area (Å²) in [4.78, 5) is 0. The molecule has 0 spiro atoms. The fraction of sp³-hybridized carbons (Fsp3) is 0.302. The molecular weight excluding hydrogens is 679 g/mol. The van der Waals surface area contributed by atoms with Crippen LogP contribution in [0, 0.1) is 33.8 Å².